The summed E-state index contributed by atoms with van der Waals surface area (Å²) in [5.74, 6) is -2.52. The van der Waals surface area contributed by atoms with E-state index < -0.39 is 17.5 Å². The van der Waals surface area contributed by atoms with E-state index in [2.05, 4.69) is 0 Å². The van der Waals surface area contributed by atoms with Crippen LogP contribution in [0.2, 0.25) is 0 Å². The SMILES string of the molecule is NC(=O)CCN(Cc1ccccc1)C(=O)CSc1ccc(F)c(F)c1. The van der Waals surface area contributed by atoms with Gasteiger partial charge in [-0.2, -0.15) is 0 Å². The minimum Gasteiger partial charge on any atom is -0.370 e. The van der Waals surface area contributed by atoms with Crippen LogP contribution in [0, 0.1) is 11.6 Å². The molecule has 0 atom stereocenters. The largest absolute Gasteiger partial charge is 0.370 e. The second-order valence-electron chi connectivity index (χ2n) is 5.38. The van der Waals surface area contributed by atoms with Gasteiger partial charge in [-0.15, -0.1) is 11.8 Å². The van der Waals surface area contributed by atoms with E-state index in [0.29, 0.717) is 11.4 Å². The Morgan fingerprint density at radius 3 is 2.40 bits per heavy atom. The maximum Gasteiger partial charge on any atom is 0.233 e. The third-order valence-electron chi connectivity index (χ3n) is 3.45. The van der Waals surface area contributed by atoms with Crippen molar-refractivity contribution >= 4 is 23.6 Å². The second kappa shape index (κ2) is 9.17. The molecular weight excluding hydrogens is 346 g/mol. The monoisotopic (exact) mass is 364 g/mol. The van der Waals surface area contributed by atoms with Gasteiger partial charge in [0.25, 0.3) is 0 Å². The summed E-state index contributed by atoms with van der Waals surface area (Å²) >= 11 is 1.11. The van der Waals surface area contributed by atoms with E-state index >= 15 is 0 Å². The van der Waals surface area contributed by atoms with Gasteiger partial charge in [-0.3, -0.25) is 9.59 Å². The molecule has 0 heterocycles. The second-order valence-corrected chi connectivity index (χ2v) is 6.43. The van der Waals surface area contributed by atoms with Gasteiger partial charge in [0.05, 0.1) is 5.75 Å². The molecular formula is C18H18F2N2O2S. The average Bonchev–Trinajstić information content (AvgIpc) is 2.60. The first kappa shape index (κ1) is 18.9. The van der Waals surface area contributed by atoms with E-state index in [1.54, 1.807) is 0 Å². The number of primary amides is 1. The summed E-state index contributed by atoms with van der Waals surface area (Å²) in [6.45, 7) is 0.562. The van der Waals surface area contributed by atoms with Gasteiger partial charge in [0.1, 0.15) is 0 Å². The molecule has 0 saturated carbocycles. The number of nitrogens with zero attached hydrogens (tertiary/aromatic N) is 1. The van der Waals surface area contributed by atoms with Crippen molar-refractivity contribution in [1.82, 2.24) is 4.90 Å². The Kier molecular flexibility index (Phi) is 6.94. The van der Waals surface area contributed by atoms with Crippen molar-refractivity contribution in [2.45, 2.75) is 17.9 Å². The van der Waals surface area contributed by atoms with Gasteiger partial charge in [-0.25, -0.2) is 8.78 Å². The summed E-state index contributed by atoms with van der Waals surface area (Å²) in [7, 11) is 0. The summed E-state index contributed by atoms with van der Waals surface area (Å²) in [6, 6.07) is 12.9. The third kappa shape index (κ3) is 6.19. The Balaban J connectivity index is 2.00. The van der Waals surface area contributed by atoms with Crippen LogP contribution >= 0.6 is 11.8 Å². The highest BCUT2D eigenvalue weighted by Gasteiger charge is 2.16. The summed E-state index contributed by atoms with van der Waals surface area (Å²) < 4.78 is 26.2. The minimum absolute atomic E-state index is 0.0522. The standard InChI is InChI=1S/C18H18F2N2O2S/c19-15-7-6-14(10-16(15)20)25-12-18(24)22(9-8-17(21)23)11-13-4-2-1-3-5-13/h1-7,10H,8-9,11-12H2,(H2,21,23). The zero-order chi connectivity index (χ0) is 18.2. The Morgan fingerprint density at radius 2 is 1.76 bits per heavy atom. The van der Waals surface area contributed by atoms with Gasteiger partial charge in [0, 0.05) is 24.4 Å². The van der Waals surface area contributed by atoms with Gasteiger partial charge < -0.3 is 10.6 Å². The number of hydrogen-bond donors (Lipinski definition) is 1. The number of carbonyl (C=O) groups excluding carboxylic acids is 2. The number of rotatable bonds is 8. The number of halogens is 2. The van der Waals surface area contributed by atoms with Crippen LogP contribution in [0.25, 0.3) is 0 Å². The molecule has 2 amide bonds. The van der Waals surface area contributed by atoms with Gasteiger partial charge in [0.15, 0.2) is 11.6 Å². The van der Waals surface area contributed by atoms with E-state index in [4.69, 9.17) is 5.73 Å². The van der Waals surface area contributed by atoms with Crippen LogP contribution in [0.4, 0.5) is 8.78 Å². The van der Waals surface area contributed by atoms with Crippen LogP contribution in [-0.4, -0.2) is 29.0 Å². The van der Waals surface area contributed by atoms with Crippen LogP contribution in [0.5, 0.6) is 0 Å². The lowest BCUT2D eigenvalue weighted by Crippen LogP contribution is -2.34. The first-order chi connectivity index (χ1) is 12.0. The first-order valence-corrected chi connectivity index (χ1v) is 8.62. The fourth-order valence-electron chi connectivity index (χ4n) is 2.14. The summed E-state index contributed by atoms with van der Waals surface area (Å²) in [6.07, 6.45) is 0.0639. The number of benzene rings is 2. The van der Waals surface area contributed by atoms with E-state index in [1.807, 2.05) is 30.3 Å². The van der Waals surface area contributed by atoms with Crippen molar-refractivity contribution in [1.29, 1.82) is 0 Å². The Hall–Kier alpha value is -2.41. The normalized spacial score (nSPS) is 10.5. The summed E-state index contributed by atoms with van der Waals surface area (Å²) in [5, 5.41) is 0. The third-order valence-corrected chi connectivity index (χ3v) is 4.43. The van der Waals surface area contributed by atoms with E-state index in [-0.39, 0.29) is 24.6 Å². The lowest BCUT2D eigenvalue weighted by Gasteiger charge is -2.22. The zero-order valence-corrected chi connectivity index (χ0v) is 14.3. The summed E-state index contributed by atoms with van der Waals surface area (Å²) in [4.78, 5) is 25.5. The average molecular weight is 364 g/mol. The molecule has 0 aromatic heterocycles. The lowest BCUT2D eigenvalue weighted by atomic mass is 10.2. The molecule has 0 saturated heterocycles. The Labute approximate surface area is 149 Å². The minimum atomic E-state index is -0.952. The number of hydrogen-bond acceptors (Lipinski definition) is 3. The maximum absolute atomic E-state index is 13.2. The molecule has 132 valence electrons. The molecule has 0 unspecified atom stereocenters. The molecule has 0 bridgehead atoms. The first-order valence-electron chi connectivity index (χ1n) is 7.63. The molecule has 0 fully saturated rings. The molecule has 2 rings (SSSR count). The van der Waals surface area contributed by atoms with E-state index in [1.165, 1.54) is 11.0 Å². The van der Waals surface area contributed by atoms with Crippen molar-refractivity contribution in [2.75, 3.05) is 12.3 Å². The quantitative estimate of drug-likeness (QED) is 0.733. The summed E-state index contributed by atoms with van der Waals surface area (Å²) in [5.41, 5.74) is 6.10. The van der Waals surface area contributed by atoms with Crippen molar-refractivity contribution < 1.29 is 18.4 Å². The molecule has 0 aliphatic heterocycles. The molecule has 2 aromatic rings. The highest BCUT2D eigenvalue weighted by molar-refractivity contribution is 8.00. The smallest absolute Gasteiger partial charge is 0.233 e. The Bertz CT molecular complexity index is 741. The van der Waals surface area contributed by atoms with E-state index in [0.717, 1.165) is 29.5 Å². The maximum atomic E-state index is 13.2. The highest BCUT2D eigenvalue weighted by Crippen LogP contribution is 2.21. The van der Waals surface area contributed by atoms with E-state index in [9.17, 15) is 18.4 Å². The Morgan fingerprint density at radius 1 is 1.04 bits per heavy atom. The van der Waals surface area contributed by atoms with Crippen LogP contribution in [0.1, 0.15) is 12.0 Å². The number of amides is 2. The van der Waals surface area contributed by atoms with Gasteiger partial charge >= 0.3 is 0 Å². The van der Waals surface area contributed by atoms with Crippen LogP contribution in [0.3, 0.4) is 0 Å². The molecule has 0 radical (unpaired) electrons. The molecule has 7 heteroatoms. The van der Waals surface area contributed by atoms with Gasteiger partial charge in [-0.05, 0) is 23.8 Å². The fourth-order valence-corrected chi connectivity index (χ4v) is 2.97. The molecule has 0 spiro atoms. The predicted molar refractivity (Wildman–Crippen MR) is 92.8 cm³/mol. The van der Waals surface area contributed by atoms with Gasteiger partial charge in [0.2, 0.25) is 11.8 Å². The molecule has 0 aliphatic carbocycles. The van der Waals surface area contributed by atoms with Crippen LogP contribution in [0.15, 0.2) is 53.4 Å². The number of thioether (sulfide) groups is 1. The highest BCUT2D eigenvalue weighted by atomic mass is 32.2. The van der Waals surface area contributed by atoms with Crippen molar-refractivity contribution in [2.24, 2.45) is 5.73 Å². The predicted octanol–water partition coefficient (Wildman–Crippen LogP) is 2.96. The van der Waals surface area contributed by atoms with Crippen molar-refractivity contribution in [3.05, 3.63) is 65.7 Å². The molecule has 4 nitrogen and oxygen atoms in total. The molecule has 25 heavy (non-hydrogen) atoms. The topological polar surface area (TPSA) is 63.4 Å². The number of carbonyl (C=O) groups is 2. The number of nitrogens with two attached hydrogens (primary N) is 1. The molecule has 2 N–H and O–H groups in total. The zero-order valence-electron chi connectivity index (χ0n) is 13.5. The molecule has 2 aromatic carbocycles. The molecule has 0 aliphatic rings. The van der Waals surface area contributed by atoms with Crippen molar-refractivity contribution in [3.63, 3.8) is 0 Å². The lowest BCUT2D eigenvalue weighted by molar-refractivity contribution is -0.129. The van der Waals surface area contributed by atoms with Crippen LogP contribution < -0.4 is 5.73 Å². The van der Waals surface area contributed by atoms with Crippen LogP contribution in [-0.2, 0) is 16.1 Å². The van der Waals surface area contributed by atoms with Crippen molar-refractivity contribution in [3.8, 4) is 0 Å². The fraction of sp³-hybridized carbons (Fsp3) is 0.222. The van der Waals surface area contributed by atoms with Gasteiger partial charge in [-0.1, -0.05) is 30.3 Å².